The lowest BCUT2D eigenvalue weighted by Crippen LogP contribution is -1.91. The first kappa shape index (κ1) is 16.0. The number of pyridine rings is 1. The molecular weight excluding hydrogens is 316 g/mol. The van der Waals surface area contributed by atoms with Crippen molar-refractivity contribution in [3.63, 3.8) is 0 Å². The maximum Gasteiger partial charge on any atom is 0.0970 e. The molecule has 4 rings (SSSR count). The quantitative estimate of drug-likeness (QED) is 0.402. The first-order valence-corrected chi connectivity index (χ1v) is 8.48. The molecule has 3 aromatic carbocycles. The van der Waals surface area contributed by atoms with Gasteiger partial charge >= 0.3 is 0 Å². The molecule has 4 aromatic rings. The second-order valence-corrected chi connectivity index (χ2v) is 6.09. The third kappa shape index (κ3) is 2.72. The number of fused-ring (bicyclic) bond motifs is 1. The van der Waals surface area contributed by atoms with Gasteiger partial charge in [0.15, 0.2) is 0 Å². The zero-order valence-corrected chi connectivity index (χ0v) is 14.4. The number of nitrogens with zero attached hydrogens (tertiary/aromatic N) is 2. The van der Waals surface area contributed by atoms with Crippen molar-refractivity contribution in [2.75, 3.05) is 0 Å². The summed E-state index contributed by atoms with van der Waals surface area (Å²) in [7, 11) is 0. The van der Waals surface area contributed by atoms with Crippen LogP contribution in [0.25, 0.3) is 27.6 Å². The Balaban J connectivity index is 1.94. The second-order valence-electron chi connectivity index (χ2n) is 6.09. The third-order valence-corrected chi connectivity index (χ3v) is 4.58. The van der Waals surface area contributed by atoms with Gasteiger partial charge in [0.25, 0.3) is 0 Å². The van der Waals surface area contributed by atoms with Gasteiger partial charge < -0.3 is 0 Å². The summed E-state index contributed by atoms with van der Waals surface area (Å²) in [6, 6.07) is 26.6. The summed E-state index contributed by atoms with van der Waals surface area (Å²) in [6.45, 7) is 8.06. The van der Waals surface area contributed by atoms with Crippen molar-refractivity contribution in [1.29, 1.82) is 0 Å². The molecule has 0 radical (unpaired) electrons. The number of hydrogen-bond donors (Lipinski definition) is 0. The third-order valence-electron chi connectivity index (χ3n) is 4.58. The van der Waals surface area contributed by atoms with Crippen LogP contribution in [0.5, 0.6) is 0 Å². The molecule has 0 saturated heterocycles. The summed E-state index contributed by atoms with van der Waals surface area (Å²) in [5.41, 5.74) is 6.85. The maximum absolute atomic E-state index is 4.60. The van der Waals surface area contributed by atoms with Crippen LogP contribution in [0.4, 0.5) is 5.69 Å². The van der Waals surface area contributed by atoms with Crippen LogP contribution in [0, 0.1) is 0 Å². The van der Waals surface area contributed by atoms with Gasteiger partial charge in [0.05, 0.1) is 11.2 Å². The summed E-state index contributed by atoms with van der Waals surface area (Å²) in [6.07, 6.45) is 1.83. The highest BCUT2D eigenvalue weighted by atomic mass is 14.8. The van der Waals surface area contributed by atoms with Gasteiger partial charge in [0.2, 0.25) is 0 Å². The molecule has 0 aliphatic heterocycles. The average Bonchev–Trinajstić information content (AvgIpc) is 2.73. The van der Waals surface area contributed by atoms with E-state index >= 15 is 0 Å². The Bertz CT molecular complexity index is 1100. The summed E-state index contributed by atoms with van der Waals surface area (Å²) in [5.74, 6) is 0. The zero-order valence-electron chi connectivity index (χ0n) is 14.4. The van der Waals surface area contributed by atoms with Crippen molar-refractivity contribution < 1.29 is 0 Å². The van der Waals surface area contributed by atoms with E-state index in [4.69, 9.17) is 0 Å². The fraction of sp³-hybridized carbons (Fsp3) is 0. The van der Waals surface area contributed by atoms with Gasteiger partial charge in [-0.05, 0) is 35.0 Å². The molecule has 0 bridgehead atoms. The Morgan fingerprint density at radius 1 is 0.808 bits per heavy atom. The van der Waals surface area contributed by atoms with Gasteiger partial charge in [-0.25, -0.2) is 0 Å². The monoisotopic (exact) mass is 334 g/mol. The molecule has 0 spiro atoms. The molecular formula is C24H18N2. The summed E-state index contributed by atoms with van der Waals surface area (Å²) in [4.78, 5) is 8.91. The lowest BCUT2D eigenvalue weighted by Gasteiger charge is -2.13. The first-order valence-electron chi connectivity index (χ1n) is 8.48. The number of benzene rings is 3. The minimum atomic E-state index is 0.772. The van der Waals surface area contributed by atoms with Gasteiger partial charge in [-0.2, -0.15) is 0 Å². The van der Waals surface area contributed by atoms with Gasteiger partial charge in [0, 0.05) is 17.1 Å². The molecule has 124 valence electrons. The van der Waals surface area contributed by atoms with Crippen molar-refractivity contribution in [3.8, 4) is 11.1 Å². The molecule has 0 aliphatic rings. The maximum atomic E-state index is 4.60. The van der Waals surface area contributed by atoms with Crippen LogP contribution in [0.2, 0.25) is 0 Å². The molecule has 1 heterocycles. The molecule has 0 saturated carbocycles. The summed E-state index contributed by atoms with van der Waals surface area (Å²) >= 11 is 0. The van der Waals surface area contributed by atoms with Gasteiger partial charge in [-0.3, -0.25) is 9.98 Å². The highest BCUT2D eigenvalue weighted by Crippen LogP contribution is 2.38. The molecule has 0 unspecified atom stereocenters. The van der Waals surface area contributed by atoms with E-state index in [1.165, 1.54) is 0 Å². The number of rotatable bonds is 4. The highest BCUT2D eigenvalue weighted by Gasteiger charge is 2.14. The van der Waals surface area contributed by atoms with Crippen molar-refractivity contribution in [2.45, 2.75) is 0 Å². The van der Waals surface area contributed by atoms with Gasteiger partial charge in [0.1, 0.15) is 0 Å². The highest BCUT2D eigenvalue weighted by molar-refractivity contribution is 6.04. The normalized spacial score (nSPS) is 10.6. The Hall–Kier alpha value is -3.52. The molecule has 1 aromatic heterocycles. The minimum Gasteiger partial charge on any atom is -0.262 e. The fourth-order valence-corrected chi connectivity index (χ4v) is 3.27. The molecule has 0 N–H and O–H groups in total. The smallest absolute Gasteiger partial charge is 0.0970 e. The Labute approximate surface area is 153 Å². The van der Waals surface area contributed by atoms with E-state index in [0.717, 1.165) is 44.4 Å². The van der Waals surface area contributed by atoms with Crippen molar-refractivity contribution in [1.82, 2.24) is 4.98 Å². The van der Waals surface area contributed by atoms with Gasteiger partial charge in [-0.15, -0.1) is 0 Å². The van der Waals surface area contributed by atoms with E-state index < -0.39 is 0 Å². The van der Waals surface area contributed by atoms with Crippen LogP contribution < -0.4 is 0 Å². The van der Waals surface area contributed by atoms with E-state index in [9.17, 15) is 0 Å². The number of aliphatic imine (C=N–C) groups is 1. The SMILES string of the molecule is C=Nc1c(C(=C)c2ccccc2)ccc2c(-c3ccccc3)ccnc12. The van der Waals surface area contributed by atoms with Crippen molar-refractivity contribution >= 4 is 28.9 Å². The lowest BCUT2D eigenvalue weighted by atomic mass is 9.94. The van der Waals surface area contributed by atoms with E-state index in [1.807, 2.05) is 60.8 Å². The van der Waals surface area contributed by atoms with E-state index in [-0.39, 0.29) is 0 Å². The van der Waals surface area contributed by atoms with Crippen LogP contribution in [-0.2, 0) is 0 Å². The molecule has 0 amide bonds. The average molecular weight is 334 g/mol. The summed E-state index contributed by atoms with van der Waals surface area (Å²) in [5, 5.41) is 1.06. The summed E-state index contributed by atoms with van der Waals surface area (Å²) < 4.78 is 0. The second kappa shape index (κ2) is 6.77. The topological polar surface area (TPSA) is 25.2 Å². The predicted molar refractivity (Wildman–Crippen MR) is 111 cm³/mol. The predicted octanol–water partition coefficient (Wildman–Crippen LogP) is 6.30. The van der Waals surface area contributed by atoms with Crippen molar-refractivity contribution in [2.24, 2.45) is 4.99 Å². The molecule has 0 aliphatic carbocycles. The van der Waals surface area contributed by atoms with Crippen LogP contribution in [0.3, 0.4) is 0 Å². The van der Waals surface area contributed by atoms with E-state index in [1.54, 1.807) is 0 Å². The number of aromatic nitrogens is 1. The molecule has 2 heteroatoms. The van der Waals surface area contributed by atoms with Crippen LogP contribution in [-0.4, -0.2) is 11.7 Å². The molecule has 0 fully saturated rings. The van der Waals surface area contributed by atoms with E-state index in [0.29, 0.717) is 0 Å². The Kier molecular flexibility index (Phi) is 4.16. The minimum absolute atomic E-state index is 0.772. The lowest BCUT2D eigenvalue weighted by molar-refractivity contribution is 1.38. The van der Waals surface area contributed by atoms with E-state index in [2.05, 4.69) is 47.5 Å². The molecule has 26 heavy (non-hydrogen) atoms. The Morgan fingerprint density at radius 2 is 1.50 bits per heavy atom. The fourth-order valence-electron chi connectivity index (χ4n) is 3.27. The van der Waals surface area contributed by atoms with Crippen LogP contribution >= 0.6 is 0 Å². The van der Waals surface area contributed by atoms with Crippen LogP contribution in [0.15, 0.2) is 96.6 Å². The molecule has 0 atom stereocenters. The van der Waals surface area contributed by atoms with Crippen molar-refractivity contribution in [3.05, 3.63) is 103 Å². The largest absolute Gasteiger partial charge is 0.262 e. The number of hydrogen-bond acceptors (Lipinski definition) is 2. The van der Waals surface area contributed by atoms with Crippen LogP contribution in [0.1, 0.15) is 11.1 Å². The standard InChI is InChI=1S/C24H18N2/c1-17(18-9-5-3-6-10-18)20-13-14-22-21(19-11-7-4-8-12-19)15-16-26-24(22)23(20)25-2/h3-16H,1-2H2. The first-order chi connectivity index (χ1) is 12.8. The Morgan fingerprint density at radius 3 is 2.19 bits per heavy atom. The van der Waals surface area contributed by atoms with Gasteiger partial charge in [-0.1, -0.05) is 79.4 Å². The molecule has 2 nitrogen and oxygen atoms in total. The zero-order chi connectivity index (χ0) is 17.9.